The molecular formula is C10H19NO5S. The normalized spacial score (nSPS) is 27.6. The first-order valence-corrected chi connectivity index (χ1v) is 7.28. The quantitative estimate of drug-likeness (QED) is 0.645. The molecule has 0 aromatic heterocycles. The van der Waals surface area contributed by atoms with Gasteiger partial charge in [-0.1, -0.05) is 12.8 Å². The van der Waals surface area contributed by atoms with Crippen LogP contribution in [0, 0.1) is 5.92 Å². The van der Waals surface area contributed by atoms with E-state index in [9.17, 15) is 18.3 Å². The topological polar surface area (TPSA) is 104 Å². The average molecular weight is 265 g/mol. The molecule has 17 heavy (non-hydrogen) atoms. The van der Waals surface area contributed by atoms with E-state index < -0.39 is 27.3 Å². The fourth-order valence-electron chi connectivity index (χ4n) is 1.91. The van der Waals surface area contributed by atoms with E-state index in [2.05, 4.69) is 4.72 Å². The number of carboxylic acid groups (broad SMARTS) is 1. The van der Waals surface area contributed by atoms with Gasteiger partial charge in [-0.05, 0) is 25.7 Å². The van der Waals surface area contributed by atoms with Crippen molar-refractivity contribution in [3.63, 3.8) is 0 Å². The number of nitrogens with one attached hydrogen (secondary N) is 1. The van der Waals surface area contributed by atoms with Gasteiger partial charge in [-0.25, -0.2) is 13.1 Å². The zero-order valence-corrected chi connectivity index (χ0v) is 10.6. The molecule has 100 valence electrons. The van der Waals surface area contributed by atoms with Gasteiger partial charge in [0.25, 0.3) is 0 Å². The number of rotatable bonds is 5. The van der Waals surface area contributed by atoms with Crippen molar-refractivity contribution in [1.29, 1.82) is 0 Å². The second-order valence-electron chi connectivity index (χ2n) is 4.49. The molecule has 1 fully saturated rings. The summed E-state index contributed by atoms with van der Waals surface area (Å²) in [5.41, 5.74) is 0. The summed E-state index contributed by atoms with van der Waals surface area (Å²) >= 11 is 0. The summed E-state index contributed by atoms with van der Waals surface area (Å²) in [7, 11) is -3.84. The molecule has 1 rings (SSSR count). The maximum absolute atomic E-state index is 11.5. The molecule has 0 aromatic rings. The molecule has 0 amide bonds. The molecule has 3 N–H and O–H groups in total. The molecule has 0 aliphatic heterocycles. The van der Waals surface area contributed by atoms with Crippen molar-refractivity contribution in [2.24, 2.45) is 5.92 Å². The molecule has 3 atom stereocenters. The van der Waals surface area contributed by atoms with E-state index in [1.54, 1.807) is 0 Å². The van der Waals surface area contributed by atoms with Gasteiger partial charge in [0.1, 0.15) is 0 Å². The lowest BCUT2D eigenvalue weighted by molar-refractivity contribution is -0.136. The summed E-state index contributed by atoms with van der Waals surface area (Å²) in [4.78, 5) is 10.6. The van der Waals surface area contributed by atoms with Gasteiger partial charge in [0.15, 0.2) is 5.25 Å². The van der Waals surface area contributed by atoms with Crippen LogP contribution in [-0.4, -0.2) is 42.5 Å². The summed E-state index contributed by atoms with van der Waals surface area (Å²) in [6.45, 7) is 1.24. The Labute approximate surface area is 101 Å². The number of aliphatic hydroxyl groups excluding tert-OH is 1. The largest absolute Gasteiger partial charge is 0.480 e. The second-order valence-corrected chi connectivity index (χ2v) is 6.57. The van der Waals surface area contributed by atoms with Gasteiger partial charge in [0.2, 0.25) is 10.0 Å². The third kappa shape index (κ3) is 3.93. The van der Waals surface area contributed by atoms with Gasteiger partial charge in [-0.3, -0.25) is 4.79 Å². The van der Waals surface area contributed by atoms with Crippen LogP contribution in [0.15, 0.2) is 0 Å². The lowest BCUT2D eigenvalue weighted by Crippen LogP contribution is -2.42. The fourth-order valence-corrected chi connectivity index (χ4v) is 2.87. The minimum absolute atomic E-state index is 0.112. The molecule has 3 unspecified atom stereocenters. The van der Waals surface area contributed by atoms with E-state index in [0.29, 0.717) is 6.42 Å². The molecule has 1 aliphatic rings. The highest BCUT2D eigenvalue weighted by Crippen LogP contribution is 2.23. The van der Waals surface area contributed by atoms with Gasteiger partial charge >= 0.3 is 5.97 Å². The molecule has 0 heterocycles. The molecule has 6 nitrogen and oxygen atoms in total. The van der Waals surface area contributed by atoms with E-state index in [1.807, 2.05) is 0 Å². The molecule has 0 bridgehead atoms. The minimum Gasteiger partial charge on any atom is -0.480 e. The molecule has 7 heteroatoms. The predicted octanol–water partition coefficient (Wildman–Crippen LogP) is -0.0700. The molecule has 0 spiro atoms. The Morgan fingerprint density at radius 2 is 2.00 bits per heavy atom. The van der Waals surface area contributed by atoms with E-state index in [1.165, 1.54) is 0 Å². The van der Waals surface area contributed by atoms with Crippen molar-refractivity contribution in [2.45, 2.75) is 44.0 Å². The molecule has 1 saturated carbocycles. The standard InChI is InChI=1S/C10H19NO5S/c1-7(10(13)14)17(15,16)11-6-8-4-2-3-5-9(8)12/h7-9,11-12H,2-6H2,1H3,(H,13,14). The zero-order valence-electron chi connectivity index (χ0n) is 9.80. The summed E-state index contributed by atoms with van der Waals surface area (Å²) < 4.78 is 25.4. The van der Waals surface area contributed by atoms with Crippen LogP contribution in [0.3, 0.4) is 0 Å². The number of aliphatic hydroxyl groups is 1. The molecule has 1 aliphatic carbocycles. The first-order chi connectivity index (χ1) is 7.84. The molecule has 0 aromatic carbocycles. The first-order valence-electron chi connectivity index (χ1n) is 5.74. The fraction of sp³-hybridized carbons (Fsp3) is 0.900. The van der Waals surface area contributed by atoms with Crippen LogP contribution >= 0.6 is 0 Å². The average Bonchev–Trinajstić information content (AvgIpc) is 2.27. The van der Waals surface area contributed by atoms with Crippen molar-refractivity contribution in [2.75, 3.05) is 6.54 Å². The van der Waals surface area contributed by atoms with E-state index in [0.717, 1.165) is 26.2 Å². The Kier molecular flexibility index (Phi) is 4.91. The van der Waals surface area contributed by atoms with Crippen LogP contribution in [0.5, 0.6) is 0 Å². The number of carboxylic acids is 1. The van der Waals surface area contributed by atoms with Gasteiger partial charge in [0, 0.05) is 6.54 Å². The highest BCUT2D eigenvalue weighted by Gasteiger charge is 2.30. The van der Waals surface area contributed by atoms with E-state index >= 15 is 0 Å². The third-order valence-electron chi connectivity index (χ3n) is 3.23. The Morgan fingerprint density at radius 3 is 2.53 bits per heavy atom. The Morgan fingerprint density at radius 1 is 1.41 bits per heavy atom. The Balaban J connectivity index is 2.52. The number of carbonyl (C=O) groups is 1. The van der Waals surface area contributed by atoms with Crippen molar-refractivity contribution >= 4 is 16.0 Å². The van der Waals surface area contributed by atoms with Gasteiger partial charge in [0.05, 0.1) is 6.10 Å². The molecule has 0 radical (unpaired) electrons. The number of sulfonamides is 1. The van der Waals surface area contributed by atoms with Crippen LogP contribution in [0.2, 0.25) is 0 Å². The maximum Gasteiger partial charge on any atom is 0.323 e. The van der Waals surface area contributed by atoms with Crippen LogP contribution in [0.25, 0.3) is 0 Å². The summed E-state index contributed by atoms with van der Waals surface area (Å²) in [6.07, 6.45) is 2.88. The monoisotopic (exact) mass is 265 g/mol. The lowest BCUT2D eigenvalue weighted by Gasteiger charge is -2.27. The highest BCUT2D eigenvalue weighted by atomic mass is 32.2. The van der Waals surface area contributed by atoms with Crippen molar-refractivity contribution in [3.05, 3.63) is 0 Å². The second kappa shape index (κ2) is 5.79. The molecule has 0 saturated heterocycles. The van der Waals surface area contributed by atoms with Crippen LogP contribution in [0.1, 0.15) is 32.6 Å². The summed E-state index contributed by atoms with van der Waals surface area (Å²) in [6, 6.07) is 0. The van der Waals surface area contributed by atoms with Crippen molar-refractivity contribution < 1.29 is 23.4 Å². The maximum atomic E-state index is 11.5. The number of hydrogen-bond acceptors (Lipinski definition) is 4. The zero-order chi connectivity index (χ0) is 13.1. The summed E-state index contributed by atoms with van der Waals surface area (Å²) in [5.74, 6) is -1.48. The number of aliphatic carboxylic acids is 1. The Hall–Kier alpha value is -0.660. The van der Waals surface area contributed by atoms with Crippen molar-refractivity contribution in [3.8, 4) is 0 Å². The van der Waals surface area contributed by atoms with Crippen molar-refractivity contribution in [1.82, 2.24) is 4.72 Å². The third-order valence-corrected chi connectivity index (χ3v) is 4.93. The SMILES string of the molecule is CC(C(=O)O)S(=O)(=O)NCC1CCCCC1O. The van der Waals surface area contributed by atoms with Crippen LogP contribution in [-0.2, 0) is 14.8 Å². The van der Waals surface area contributed by atoms with Gasteiger partial charge < -0.3 is 10.2 Å². The van der Waals surface area contributed by atoms with Gasteiger partial charge in [-0.15, -0.1) is 0 Å². The Bertz CT molecular complexity index is 367. The summed E-state index contributed by atoms with van der Waals surface area (Å²) in [5, 5.41) is 16.8. The first kappa shape index (κ1) is 14.4. The van der Waals surface area contributed by atoms with E-state index in [-0.39, 0.29) is 12.5 Å². The van der Waals surface area contributed by atoms with Crippen LogP contribution in [0.4, 0.5) is 0 Å². The number of hydrogen-bond donors (Lipinski definition) is 3. The van der Waals surface area contributed by atoms with Crippen LogP contribution < -0.4 is 4.72 Å². The molecular weight excluding hydrogens is 246 g/mol. The van der Waals surface area contributed by atoms with E-state index in [4.69, 9.17) is 5.11 Å². The highest BCUT2D eigenvalue weighted by molar-refractivity contribution is 7.90. The minimum atomic E-state index is -3.84. The predicted molar refractivity (Wildman–Crippen MR) is 62.0 cm³/mol. The lowest BCUT2D eigenvalue weighted by atomic mass is 9.87. The van der Waals surface area contributed by atoms with Gasteiger partial charge in [-0.2, -0.15) is 0 Å². The smallest absolute Gasteiger partial charge is 0.323 e.